The average molecular weight is 796 g/mol. The molecule has 0 radical (unpaired) electrons. The summed E-state index contributed by atoms with van der Waals surface area (Å²) in [6, 6.07) is 31.0. The van der Waals surface area contributed by atoms with E-state index in [0.717, 1.165) is 22.3 Å². The Labute approximate surface area is 315 Å². The molecule has 6 aromatic rings. The van der Waals surface area contributed by atoms with Crippen LogP contribution in [0.15, 0.2) is 112 Å². The zero-order valence-corrected chi connectivity index (χ0v) is 31.5. The zero-order chi connectivity index (χ0) is 37.1. The van der Waals surface area contributed by atoms with Crippen LogP contribution in [0, 0.1) is 0 Å². The van der Waals surface area contributed by atoms with Crippen LogP contribution in [-0.4, -0.2) is 60.2 Å². The number of halogens is 1. The second-order valence-corrected chi connectivity index (χ2v) is 15.0. The minimum atomic E-state index is -4.34. The Bertz CT molecular complexity index is 2330. The van der Waals surface area contributed by atoms with Crippen LogP contribution in [0.5, 0.6) is 17.2 Å². The molecular formula is C39H35BrN6O6S. The van der Waals surface area contributed by atoms with Gasteiger partial charge >= 0.3 is 0 Å². The van der Waals surface area contributed by atoms with Gasteiger partial charge in [-0.15, -0.1) is 10.2 Å². The number of fused-ring (bicyclic) bond motifs is 1. The molecule has 0 saturated heterocycles. The number of carbonyl (C=O) groups excluding carboxylic acids is 1. The molecule has 0 fully saturated rings. The molecule has 7 rings (SSSR count). The number of ether oxygens (including phenoxy) is 3. The highest BCUT2D eigenvalue weighted by Crippen LogP contribution is 2.43. The number of rotatable bonds is 13. The first-order valence-corrected chi connectivity index (χ1v) is 18.8. The smallest absolute Gasteiger partial charge is 0.251 e. The van der Waals surface area contributed by atoms with Gasteiger partial charge in [0.25, 0.3) is 5.91 Å². The first-order chi connectivity index (χ1) is 25.7. The highest BCUT2D eigenvalue weighted by Gasteiger charge is 2.35. The monoisotopic (exact) mass is 794 g/mol. The summed E-state index contributed by atoms with van der Waals surface area (Å²) in [5, 5.41) is 16.4. The molecular weight excluding hydrogens is 760 g/mol. The summed E-state index contributed by atoms with van der Waals surface area (Å²) in [5.74, 6) is 1.94. The van der Waals surface area contributed by atoms with E-state index < -0.39 is 10.0 Å². The number of carbonyl (C=O) groups is 1. The van der Waals surface area contributed by atoms with Crippen LogP contribution in [-0.2, 0) is 36.2 Å². The van der Waals surface area contributed by atoms with Crippen molar-refractivity contribution in [3.8, 4) is 39.8 Å². The molecule has 12 nitrogen and oxygen atoms in total. The van der Waals surface area contributed by atoms with E-state index in [0.29, 0.717) is 45.0 Å². The van der Waals surface area contributed by atoms with Crippen molar-refractivity contribution in [1.29, 1.82) is 0 Å². The number of aromatic nitrogens is 4. The van der Waals surface area contributed by atoms with Crippen LogP contribution in [0.2, 0.25) is 0 Å². The number of sulfonamides is 1. The predicted octanol–water partition coefficient (Wildman–Crippen LogP) is 6.48. The average Bonchev–Trinajstić information content (AvgIpc) is 3.81. The first-order valence-electron chi connectivity index (χ1n) is 16.6. The number of nitrogens with one attached hydrogen (secondary N) is 1. The Balaban J connectivity index is 1.40. The molecule has 14 heteroatoms. The summed E-state index contributed by atoms with van der Waals surface area (Å²) >= 11 is 3.61. The van der Waals surface area contributed by atoms with Gasteiger partial charge in [0.15, 0.2) is 0 Å². The summed E-state index contributed by atoms with van der Waals surface area (Å²) in [4.78, 5) is 14.1. The Morgan fingerprint density at radius 1 is 0.736 bits per heavy atom. The van der Waals surface area contributed by atoms with Crippen LogP contribution >= 0.6 is 15.9 Å². The molecule has 53 heavy (non-hydrogen) atoms. The van der Waals surface area contributed by atoms with E-state index in [1.165, 1.54) is 9.10 Å². The van der Waals surface area contributed by atoms with Gasteiger partial charge in [0.1, 0.15) is 22.1 Å². The SMILES string of the molecule is COc1ccc(CN(Cc2ccc(OC)cc2)S(=O)(=O)c2c(Br)ccc(-c3cccc4c3CNC4=O)c2-c2nnn(Cc3ccc(OC)cc3)n2)cc1. The van der Waals surface area contributed by atoms with Gasteiger partial charge in [-0.1, -0.05) is 54.6 Å². The summed E-state index contributed by atoms with van der Waals surface area (Å²) in [6.07, 6.45) is 0. The van der Waals surface area contributed by atoms with Gasteiger partial charge in [-0.25, -0.2) is 8.42 Å². The Morgan fingerprint density at radius 3 is 1.85 bits per heavy atom. The number of hydrogen-bond acceptors (Lipinski definition) is 9. The molecule has 1 aliphatic rings. The first kappa shape index (κ1) is 35.8. The standard InChI is InChI=1S/C39H35BrN6O6S/c1-50-28-13-7-25(8-14-28)22-45(23-26-9-15-29(51-2)16-10-26)53(48,49)37-35(40)20-19-32(31-5-4-6-33-34(31)21-41-39(33)47)36(37)38-42-44-46(43-38)24-27-11-17-30(52-3)18-12-27/h4-20H,21-24H2,1-3H3,(H,41,47). The molecule has 1 aromatic heterocycles. The molecule has 270 valence electrons. The number of nitrogens with zero attached hydrogens (tertiary/aromatic N) is 5. The maximum Gasteiger partial charge on any atom is 0.251 e. The van der Waals surface area contributed by atoms with E-state index in [9.17, 15) is 4.79 Å². The lowest BCUT2D eigenvalue weighted by Crippen LogP contribution is -2.31. The Hall–Kier alpha value is -5.57. The van der Waals surface area contributed by atoms with Gasteiger partial charge in [-0.2, -0.15) is 9.10 Å². The van der Waals surface area contributed by atoms with E-state index in [4.69, 9.17) is 19.3 Å². The topological polar surface area (TPSA) is 138 Å². The van der Waals surface area contributed by atoms with Gasteiger partial charge in [0.05, 0.1) is 33.4 Å². The van der Waals surface area contributed by atoms with Crippen molar-refractivity contribution in [3.05, 3.63) is 135 Å². The number of tetrazole rings is 1. The number of amides is 1. The molecule has 1 aliphatic heterocycles. The molecule has 0 saturated carbocycles. The molecule has 0 aliphatic carbocycles. The predicted molar refractivity (Wildman–Crippen MR) is 202 cm³/mol. The van der Waals surface area contributed by atoms with Crippen molar-refractivity contribution in [2.24, 2.45) is 0 Å². The van der Waals surface area contributed by atoms with Crippen molar-refractivity contribution in [2.45, 2.75) is 31.1 Å². The van der Waals surface area contributed by atoms with E-state index in [2.05, 4.69) is 31.6 Å². The van der Waals surface area contributed by atoms with Crippen molar-refractivity contribution >= 4 is 31.9 Å². The van der Waals surface area contributed by atoms with E-state index >= 15 is 8.42 Å². The molecule has 0 atom stereocenters. The van der Waals surface area contributed by atoms with Crippen LogP contribution in [0.3, 0.4) is 0 Å². The van der Waals surface area contributed by atoms with Crippen LogP contribution in [0.25, 0.3) is 22.5 Å². The van der Waals surface area contributed by atoms with Gasteiger partial charge < -0.3 is 19.5 Å². The number of benzene rings is 5. The molecule has 1 N–H and O–H groups in total. The van der Waals surface area contributed by atoms with Crippen molar-refractivity contribution in [1.82, 2.24) is 29.8 Å². The third kappa shape index (κ3) is 7.38. The Morgan fingerprint density at radius 2 is 1.28 bits per heavy atom. The van der Waals surface area contributed by atoms with Gasteiger partial charge in [0.2, 0.25) is 15.8 Å². The normalized spacial score (nSPS) is 12.4. The maximum absolute atomic E-state index is 15.3. The zero-order valence-electron chi connectivity index (χ0n) is 29.1. The van der Waals surface area contributed by atoms with Crippen LogP contribution in [0.4, 0.5) is 0 Å². The lowest BCUT2D eigenvalue weighted by Gasteiger charge is -2.25. The highest BCUT2D eigenvalue weighted by molar-refractivity contribution is 9.10. The second-order valence-electron chi connectivity index (χ2n) is 12.3. The fraction of sp³-hybridized carbons (Fsp3) is 0.179. The third-order valence-electron chi connectivity index (χ3n) is 9.04. The van der Waals surface area contributed by atoms with Gasteiger partial charge in [-0.05, 0) is 103 Å². The van der Waals surface area contributed by atoms with E-state index in [-0.39, 0.29) is 41.8 Å². The van der Waals surface area contributed by atoms with Crippen LogP contribution in [0.1, 0.15) is 32.6 Å². The fourth-order valence-corrected chi connectivity index (χ4v) is 8.90. The summed E-state index contributed by atoms with van der Waals surface area (Å²) in [7, 11) is 0.422. The summed E-state index contributed by atoms with van der Waals surface area (Å²) < 4.78 is 48.4. The third-order valence-corrected chi connectivity index (χ3v) is 11.8. The van der Waals surface area contributed by atoms with Crippen molar-refractivity contribution in [2.75, 3.05) is 21.3 Å². The lowest BCUT2D eigenvalue weighted by atomic mass is 9.93. The quantitative estimate of drug-likeness (QED) is 0.139. The van der Waals surface area contributed by atoms with Crippen molar-refractivity contribution < 1.29 is 27.4 Å². The van der Waals surface area contributed by atoms with Gasteiger partial charge in [-0.3, -0.25) is 4.79 Å². The number of hydrogen-bond donors (Lipinski definition) is 1. The molecule has 1 amide bonds. The lowest BCUT2D eigenvalue weighted by molar-refractivity contribution is 0.0965. The van der Waals surface area contributed by atoms with Gasteiger partial charge in [0, 0.05) is 29.7 Å². The van der Waals surface area contributed by atoms with Crippen LogP contribution < -0.4 is 19.5 Å². The molecule has 0 spiro atoms. The summed E-state index contributed by atoms with van der Waals surface area (Å²) in [6.45, 7) is 0.666. The molecule has 5 aromatic carbocycles. The Kier molecular flexibility index (Phi) is 10.3. The summed E-state index contributed by atoms with van der Waals surface area (Å²) in [5.41, 5.74) is 5.16. The maximum atomic E-state index is 15.3. The minimum Gasteiger partial charge on any atom is -0.497 e. The van der Waals surface area contributed by atoms with E-state index in [1.807, 2.05) is 60.7 Å². The van der Waals surface area contributed by atoms with Crippen molar-refractivity contribution in [3.63, 3.8) is 0 Å². The molecule has 0 bridgehead atoms. The molecule has 2 heterocycles. The highest BCUT2D eigenvalue weighted by atomic mass is 79.9. The number of methoxy groups -OCH3 is 3. The van der Waals surface area contributed by atoms with E-state index in [1.54, 1.807) is 63.8 Å². The minimum absolute atomic E-state index is 0.0316. The fourth-order valence-electron chi connectivity index (χ4n) is 6.29. The second kappa shape index (κ2) is 15.2. The largest absolute Gasteiger partial charge is 0.497 e. The molecule has 0 unspecified atom stereocenters.